The summed E-state index contributed by atoms with van der Waals surface area (Å²) in [5, 5.41) is 3.95. The second kappa shape index (κ2) is 8.12. The molecule has 5 heteroatoms. The first-order valence-corrected chi connectivity index (χ1v) is 11.4. The first-order valence-electron chi connectivity index (χ1n) is 11.0. The normalized spacial score (nSPS) is 32.1. The number of benzene rings is 1. The number of carbonyl (C=O) groups excluding carboxylic acids is 1. The summed E-state index contributed by atoms with van der Waals surface area (Å²) >= 11 is 6.73. The number of halogens is 1. The molecule has 1 amide bonds. The smallest absolute Gasteiger partial charge is 0.226 e. The van der Waals surface area contributed by atoms with Crippen molar-refractivity contribution in [3.05, 3.63) is 58.4 Å². The molecule has 1 N–H and O–H groups in total. The molecule has 0 radical (unpaired) electrons. The number of hydrogen-bond donors (Lipinski definition) is 1. The van der Waals surface area contributed by atoms with Crippen molar-refractivity contribution in [2.45, 2.75) is 70.8 Å². The van der Waals surface area contributed by atoms with Gasteiger partial charge < -0.3 is 10.1 Å². The number of hydrogen-bond acceptors (Lipinski definition) is 3. The molecule has 31 heavy (non-hydrogen) atoms. The quantitative estimate of drug-likeness (QED) is 0.628. The Kier molecular flexibility index (Phi) is 5.80. The van der Waals surface area contributed by atoms with Crippen LogP contribution in [0.4, 0.5) is 0 Å². The average molecular weight is 441 g/mol. The van der Waals surface area contributed by atoms with E-state index in [4.69, 9.17) is 21.3 Å². The van der Waals surface area contributed by atoms with Crippen molar-refractivity contribution in [3.63, 3.8) is 0 Å². The number of pyridine rings is 1. The van der Waals surface area contributed by atoms with Crippen molar-refractivity contribution >= 4 is 17.5 Å². The Labute approximate surface area is 190 Å². The van der Waals surface area contributed by atoms with Crippen LogP contribution < -0.4 is 10.1 Å². The lowest BCUT2D eigenvalue weighted by Gasteiger charge is -2.45. The molecule has 166 valence electrons. The topological polar surface area (TPSA) is 51.2 Å². The molecule has 1 aromatic heterocycles. The predicted octanol–water partition coefficient (Wildman–Crippen LogP) is 6.06. The van der Waals surface area contributed by atoms with Crippen LogP contribution >= 0.6 is 11.6 Å². The molecular weight excluding hydrogens is 408 g/mol. The van der Waals surface area contributed by atoms with Gasteiger partial charge >= 0.3 is 0 Å². The first-order chi connectivity index (χ1) is 14.4. The Balaban J connectivity index is 0.00000231. The monoisotopic (exact) mass is 440 g/mol. The number of aromatic nitrogens is 1. The average Bonchev–Trinajstić information content (AvgIpc) is 3.56. The van der Waals surface area contributed by atoms with Gasteiger partial charge in [-0.3, -0.25) is 9.78 Å². The Morgan fingerprint density at radius 3 is 2.58 bits per heavy atom. The van der Waals surface area contributed by atoms with Crippen LogP contribution in [0.5, 0.6) is 5.75 Å². The number of methoxy groups -OCH3 is 1. The molecular formula is C26H33ClN2O2. The van der Waals surface area contributed by atoms with E-state index in [0.717, 1.165) is 34.9 Å². The third-order valence-electron chi connectivity index (χ3n) is 7.75. The lowest BCUT2D eigenvalue weighted by atomic mass is 9.56. The summed E-state index contributed by atoms with van der Waals surface area (Å²) in [7, 11) is 1.66. The predicted molar refractivity (Wildman–Crippen MR) is 125 cm³/mol. The maximum Gasteiger partial charge on any atom is 0.226 e. The number of fused-ring (bicyclic) bond motifs is 1. The van der Waals surface area contributed by atoms with Crippen LogP contribution in [0.3, 0.4) is 0 Å². The molecule has 5 unspecified atom stereocenters. The van der Waals surface area contributed by atoms with E-state index < -0.39 is 0 Å². The van der Waals surface area contributed by atoms with Gasteiger partial charge in [0.15, 0.2) is 0 Å². The van der Waals surface area contributed by atoms with Crippen molar-refractivity contribution < 1.29 is 9.53 Å². The molecule has 0 bridgehead atoms. The van der Waals surface area contributed by atoms with Crippen LogP contribution in [0.2, 0.25) is 5.02 Å². The number of carbonyl (C=O) groups is 1. The van der Waals surface area contributed by atoms with Gasteiger partial charge in [-0.2, -0.15) is 0 Å². The van der Waals surface area contributed by atoms with Crippen LogP contribution in [0.1, 0.15) is 81.5 Å². The third kappa shape index (κ3) is 3.63. The van der Waals surface area contributed by atoms with Gasteiger partial charge in [-0.05, 0) is 73.8 Å². The molecule has 2 heterocycles. The van der Waals surface area contributed by atoms with Crippen LogP contribution in [-0.2, 0) is 4.79 Å². The molecule has 2 saturated carbocycles. The van der Waals surface area contributed by atoms with Gasteiger partial charge in [0.1, 0.15) is 5.75 Å². The Bertz CT molecular complexity index is 972. The lowest BCUT2D eigenvalue weighted by Crippen LogP contribution is -2.42. The van der Waals surface area contributed by atoms with Gasteiger partial charge in [0.05, 0.1) is 12.5 Å². The Hall–Kier alpha value is -2.07. The van der Waals surface area contributed by atoms with E-state index in [1.807, 2.05) is 12.1 Å². The second-order valence-electron chi connectivity index (χ2n) is 9.55. The van der Waals surface area contributed by atoms with E-state index in [0.29, 0.717) is 5.92 Å². The SMILES string of the molecule is C.COc1ccc(C2CCC3(C)C(=O)NC(C)C3C2c2ccc(C3CC3)cn2)c(Cl)c1. The van der Waals surface area contributed by atoms with Crippen molar-refractivity contribution in [1.29, 1.82) is 0 Å². The summed E-state index contributed by atoms with van der Waals surface area (Å²) in [6, 6.07) is 10.5. The number of amides is 1. The van der Waals surface area contributed by atoms with Crippen molar-refractivity contribution in [2.24, 2.45) is 11.3 Å². The summed E-state index contributed by atoms with van der Waals surface area (Å²) in [6.45, 7) is 4.27. The largest absolute Gasteiger partial charge is 0.497 e. The third-order valence-corrected chi connectivity index (χ3v) is 8.08. The fourth-order valence-electron chi connectivity index (χ4n) is 5.98. The molecule has 2 aromatic rings. The zero-order valence-electron chi connectivity index (χ0n) is 17.8. The molecule has 0 spiro atoms. The van der Waals surface area contributed by atoms with E-state index in [1.54, 1.807) is 7.11 Å². The van der Waals surface area contributed by atoms with Gasteiger partial charge in [-0.25, -0.2) is 0 Å². The molecule has 2 aliphatic carbocycles. The maximum absolute atomic E-state index is 12.9. The van der Waals surface area contributed by atoms with Crippen molar-refractivity contribution in [3.8, 4) is 5.75 Å². The molecule has 1 aromatic carbocycles. The van der Waals surface area contributed by atoms with Crippen molar-refractivity contribution in [1.82, 2.24) is 10.3 Å². The van der Waals surface area contributed by atoms with E-state index in [-0.39, 0.29) is 42.5 Å². The summed E-state index contributed by atoms with van der Waals surface area (Å²) < 4.78 is 5.36. The zero-order chi connectivity index (χ0) is 21.0. The molecule has 4 nitrogen and oxygen atoms in total. The number of ether oxygens (including phenoxy) is 1. The molecule has 5 atom stereocenters. The fraction of sp³-hybridized carbons (Fsp3) is 0.538. The number of nitrogens with zero attached hydrogens (tertiary/aromatic N) is 1. The molecule has 3 fully saturated rings. The van der Waals surface area contributed by atoms with E-state index in [1.165, 1.54) is 18.4 Å². The highest BCUT2D eigenvalue weighted by atomic mass is 35.5. The second-order valence-corrected chi connectivity index (χ2v) is 9.96. The van der Waals surface area contributed by atoms with Gasteiger partial charge in [-0.15, -0.1) is 0 Å². The standard InChI is InChI=1S/C25H29ClN2O2.CH4/c1-14-23-22(21-9-6-16(13-27-21)15-4-5-15)19(10-11-25(23,2)24(29)28-14)18-8-7-17(30-3)12-20(18)26;/h6-9,12-15,19,22-23H,4-5,10-11H2,1-3H3,(H,28,29);1H4. The minimum Gasteiger partial charge on any atom is -0.497 e. The summed E-state index contributed by atoms with van der Waals surface area (Å²) in [6.07, 6.45) is 6.36. The minimum absolute atomic E-state index is 0. The molecule has 5 rings (SSSR count). The number of nitrogens with one attached hydrogen (secondary N) is 1. The minimum atomic E-state index is -0.365. The highest BCUT2D eigenvalue weighted by molar-refractivity contribution is 6.31. The van der Waals surface area contributed by atoms with E-state index in [9.17, 15) is 4.79 Å². The summed E-state index contributed by atoms with van der Waals surface area (Å²) in [4.78, 5) is 17.8. The van der Waals surface area contributed by atoms with Gasteiger partial charge in [-0.1, -0.05) is 38.1 Å². The van der Waals surface area contributed by atoms with Gasteiger partial charge in [0.2, 0.25) is 5.91 Å². The highest BCUT2D eigenvalue weighted by Crippen LogP contribution is 2.59. The Morgan fingerprint density at radius 2 is 1.97 bits per heavy atom. The van der Waals surface area contributed by atoms with Crippen molar-refractivity contribution in [2.75, 3.05) is 7.11 Å². The lowest BCUT2D eigenvalue weighted by molar-refractivity contribution is -0.129. The van der Waals surface area contributed by atoms with E-state index >= 15 is 0 Å². The van der Waals surface area contributed by atoms with Gasteiger partial charge in [0.25, 0.3) is 0 Å². The summed E-state index contributed by atoms with van der Waals surface area (Å²) in [5.74, 6) is 2.16. The maximum atomic E-state index is 12.9. The number of rotatable bonds is 4. The van der Waals surface area contributed by atoms with Crippen LogP contribution in [0.15, 0.2) is 36.5 Å². The van der Waals surface area contributed by atoms with Crippen LogP contribution in [0.25, 0.3) is 0 Å². The van der Waals surface area contributed by atoms with Gasteiger partial charge in [0, 0.05) is 34.8 Å². The molecule has 1 aliphatic heterocycles. The van der Waals surface area contributed by atoms with E-state index in [2.05, 4.69) is 43.6 Å². The fourth-order valence-corrected chi connectivity index (χ4v) is 6.29. The summed E-state index contributed by atoms with van der Waals surface area (Å²) in [5.41, 5.74) is 3.18. The van der Waals surface area contributed by atoms with Crippen LogP contribution in [-0.4, -0.2) is 24.0 Å². The molecule has 1 saturated heterocycles. The van der Waals surface area contributed by atoms with Crippen LogP contribution in [0, 0.1) is 11.3 Å². The Morgan fingerprint density at radius 1 is 1.19 bits per heavy atom. The zero-order valence-corrected chi connectivity index (χ0v) is 18.6. The molecule has 3 aliphatic rings. The first kappa shape index (κ1) is 22.1. The highest BCUT2D eigenvalue weighted by Gasteiger charge is 2.58.